The molecular weight excluding hydrogens is 557 g/mol. The third-order valence-electron chi connectivity index (χ3n) is 6.67. The highest BCUT2D eigenvalue weighted by Gasteiger charge is 2.40. The third kappa shape index (κ3) is 5.44. The van der Waals surface area contributed by atoms with E-state index < -0.39 is 35.9 Å². The number of aliphatic imine (C=N–C) groups is 1. The lowest BCUT2D eigenvalue weighted by atomic mass is 10.0. The van der Waals surface area contributed by atoms with Crippen LogP contribution in [0.15, 0.2) is 53.5 Å². The van der Waals surface area contributed by atoms with Crippen molar-refractivity contribution in [3.63, 3.8) is 0 Å². The van der Waals surface area contributed by atoms with E-state index in [4.69, 9.17) is 21.3 Å². The van der Waals surface area contributed by atoms with Crippen LogP contribution in [0.4, 0.5) is 30.2 Å². The van der Waals surface area contributed by atoms with Crippen LogP contribution >= 0.6 is 22.9 Å². The summed E-state index contributed by atoms with van der Waals surface area (Å²) in [5.74, 6) is -0.609. The van der Waals surface area contributed by atoms with Gasteiger partial charge in [-0.25, -0.2) is 4.99 Å². The SMILES string of the molecule is COc1cccc(N2CCN(C3=Nc4cc(Cl)sc4C(CC(=O)O)N3c3cc(C(F)(F)F)ccc3O)CC2)c1. The molecule has 13 heteroatoms. The number of methoxy groups -OCH3 is 1. The number of alkyl halides is 3. The number of nitrogens with zero attached hydrogens (tertiary/aromatic N) is 4. The Morgan fingerprint density at radius 1 is 1.13 bits per heavy atom. The highest BCUT2D eigenvalue weighted by molar-refractivity contribution is 7.16. The second-order valence-electron chi connectivity index (χ2n) is 9.07. The van der Waals surface area contributed by atoms with Crippen LogP contribution < -0.4 is 14.5 Å². The predicted molar refractivity (Wildman–Crippen MR) is 144 cm³/mol. The number of aromatic hydroxyl groups is 1. The van der Waals surface area contributed by atoms with Gasteiger partial charge >= 0.3 is 12.1 Å². The minimum Gasteiger partial charge on any atom is -0.506 e. The number of carboxylic acid groups (broad SMARTS) is 1. The molecule has 206 valence electrons. The number of phenolic OH excluding ortho intramolecular Hbond substituents is 1. The monoisotopic (exact) mass is 580 g/mol. The zero-order valence-electron chi connectivity index (χ0n) is 20.7. The van der Waals surface area contributed by atoms with E-state index >= 15 is 0 Å². The predicted octanol–water partition coefficient (Wildman–Crippen LogP) is 5.98. The summed E-state index contributed by atoms with van der Waals surface area (Å²) in [6.07, 6.45) is -5.11. The number of hydrogen-bond acceptors (Lipinski definition) is 8. The van der Waals surface area contributed by atoms with E-state index in [2.05, 4.69) is 4.90 Å². The molecule has 39 heavy (non-hydrogen) atoms. The molecule has 0 spiro atoms. The van der Waals surface area contributed by atoms with Crippen molar-refractivity contribution in [3.8, 4) is 11.5 Å². The van der Waals surface area contributed by atoms with E-state index in [1.54, 1.807) is 13.2 Å². The molecule has 0 radical (unpaired) electrons. The van der Waals surface area contributed by atoms with E-state index in [0.717, 1.165) is 41.0 Å². The van der Waals surface area contributed by atoms with Crippen molar-refractivity contribution >= 4 is 51.9 Å². The molecule has 3 aromatic rings. The number of phenols is 1. The molecule has 0 amide bonds. The van der Waals surface area contributed by atoms with Crippen molar-refractivity contribution < 1.29 is 32.9 Å². The van der Waals surface area contributed by atoms with Crippen molar-refractivity contribution in [1.82, 2.24) is 4.90 Å². The number of anilines is 2. The zero-order valence-corrected chi connectivity index (χ0v) is 22.2. The Morgan fingerprint density at radius 2 is 1.85 bits per heavy atom. The molecule has 1 fully saturated rings. The summed E-state index contributed by atoms with van der Waals surface area (Å²) >= 11 is 7.38. The number of ether oxygens (including phenoxy) is 1. The molecule has 2 aliphatic heterocycles. The number of fused-ring (bicyclic) bond motifs is 1. The molecule has 2 N–H and O–H groups in total. The Bertz CT molecular complexity index is 1420. The summed E-state index contributed by atoms with van der Waals surface area (Å²) in [7, 11) is 1.59. The Kier molecular flexibility index (Phi) is 7.25. The number of carbonyl (C=O) groups is 1. The molecule has 3 heterocycles. The second-order valence-corrected chi connectivity index (χ2v) is 10.8. The van der Waals surface area contributed by atoms with Gasteiger partial charge in [0.15, 0.2) is 0 Å². The Balaban J connectivity index is 1.55. The van der Waals surface area contributed by atoms with Gasteiger partial charge < -0.3 is 24.7 Å². The maximum Gasteiger partial charge on any atom is 0.416 e. The Hall–Kier alpha value is -3.64. The van der Waals surface area contributed by atoms with Crippen LogP contribution in [0, 0.1) is 0 Å². The summed E-state index contributed by atoms with van der Waals surface area (Å²) in [6.45, 7) is 2.02. The van der Waals surface area contributed by atoms with Gasteiger partial charge in [-0.1, -0.05) is 17.7 Å². The zero-order chi connectivity index (χ0) is 27.9. The average molecular weight is 581 g/mol. The van der Waals surface area contributed by atoms with Crippen molar-refractivity contribution in [2.45, 2.75) is 18.6 Å². The fourth-order valence-corrected chi connectivity index (χ4v) is 6.09. The number of piperazine rings is 1. The summed E-state index contributed by atoms with van der Waals surface area (Å²) < 4.78 is 46.7. The first-order chi connectivity index (χ1) is 18.5. The standard InChI is InChI=1S/C26H24ClF3N4O4S/c1-38-17-4-2-3-16(12-17)32-7-9-33(10-8-32)25-31-18-13-22(27)39-24(18)20(14-23(36)37)34(25)19-11-15(26(28,29)30)5-6-21(19)35/h2-6,11-13,20,35H,7-10,14H2,1H3,(H,36,37). The van der Waals surface area contributed by atoms with Gasteiger partial charge in [-0.05, 0) is 36.4 Å². The van der Waals surface area contributed by atoms with E-state index in [9.17, 15) is 28.2 Å². The van der Waals surface area contributed by atoms with Gasteiger partial charge in [0.05, 0.1) is 45.7 Å². The molecule has 8 nitrogen and oxygen atoms in total. The number of thiophene rings is 1. The number of halogens is 4. The molecule has 0 saturated carbocycles. The van der Waals surface area contributed by atoms with Crippen LogP contribution in [-0.4, -0.2) is 60.3 Å². The highest BCUT2D eigenvalue weighted by Crippen LogP contribution is 2.49. The van der Waals surface area contributed by atoms with Gasteiger partial charge in [0, 0.05) is 37.9 Å². The highest BCUT2D eigenvalue weighted by atomic mass is 35.5. The fourth-order valence-electron chi connectivity index (χ4n) is 4.82. The normalized spacial score (nSPS) is 17.6. The maximum absolute atomic E-state index is 13.7. The van der Waals surface area contributed by atoms with E-state index in [1.807, 2.05) is 29.2 Å². The third-order valence-corrected chi connectivity index (χ3v) is 8.03. The first-order valence-electron chi connectivity index (χ1n) is 12.0. The summed E-state index contributed by atoms with van der Waals surface area (Å²) in [4.78, 5) is 22.6. The first kappa shape index (κ1) is 26.9. The second kappa shape index (κ2) is 10.5. The summed E-state index contributed by atoms with van der Waals surface area (Å²) in [5.41, 5.74) is 0.272. The fraction of sp³-hybridized carbons (Fsp3) is 0.308. The molecule has 2 aliphatic rings. The van der Waals surface area contributed by atoms with Crippen LogP contribution in [0.2, 0.25) is 4.34 Å². The number of rotatable bonds is 5. The van der Waals surface area contributed by atoms with Crippen molar-refractivity contribution in [1.29, 1.82) is 0 Å². The number of guanidine groups is 1. The van der Waals surface area contributed by atoms with Gasteiger partial charge in [-0.15, -0.1) is 11.3 Å². The van der Waals surface area contributed by atoms with Crippen LogP contribution in [0.3, 0.4) is 0 Å². The maximum atomic E-state index is 13.7. The first-order valence-corrected chi connectivity index (χ1v) is 13.2. The largest absolute Gasteiger partial charge is 0.506 e. The van der Waals surface area contributed by atoms with Gasteiger partial charge in [0.1, 0.15) is 11.5 Å². The van der Waals surface area contributed by atoms with Gasteiger partial charge in [-0.2, -0.15) is 13.2 Å². The van der Waals surface area contributed by atoms with Gasteiger partial charge in [0.25, 0.3) is 0 Å². The lowest BCUT2D eigenvalue weighted by Crippen LogP contribution is -2.55. The molecule has 1 unspecified atom stereocenters. The Labute approximate surface area is 231 Å². The van der Waals surface area contributed by atoms with Gasteiger partial charge in [-0.3, -0.25) is 9.69 Å². The molecule has 1 saturated heterocycles. The quantitative estimate of drug-likeness (QED) is 0.384. The molecule has 0 bridgehead atoms. The van der Waals surface area contributed by atoms with Crippen molar-refractivity contribution in [2.24, 2.45) is 4.99 Å². The van der Waals surface area contributed by atoms with Crippen LogP contribution in [0.1, 0.15) is 22.9 Å². The lowest BCUT2D eigenvalue weighted by molar-refractivity contribution is -0.138. The van der Waals surface area contributed by atoms with Crippen LogP contribution in [-0.2, 0) is 11.0 Å². The van der Waals surface area contributed by atoms with Crippen LogP contribution in [0.25, 0.3) is 0 Å². The minimum absolute atomic E-state index is 0.180. The van der Waals surface area contributed by atoms with Gasteiger partial charge in [0.2, 0.25) is 5.96 Å². The number of carboxylic acids is 1. The molecule has 1 atom stereocenters. The number of benzene rings is 2. The molecule has 5 rings (SSSR count). The number of aliphatic carboxylic acids is 1. The lowest BCUT2D eigenvalue weighted by Gasteiger charge is -2.44. The molecule has 0 aliphatic carbocycles. The molecule has 2 aromatic carbocycles. The average Bonchev–Trinajstić information content (AvgIpc) is 3.28. The van der Waals surface area contributed by atoms with E-state index in [1.165, 1.54) is 4.90 Å². The Morgan fingerprint density at radius 3 is 2.51 bits per heavy atom. The van der Waals surface area contributed by atoms with Crippen molar-refractivity contribution in [2.75, 3.05) is 43.1 Å². The van der Waals surface area contributed by atoms with E-state index in [-0.39, 0.29) is 11.6 Å². The van der Waals surface area contributed by atoms with Crippen molar-refractivity contribution in [3.05, 3.63) is 63.3 Å². The minimum atomic E-state index is -4.67. The topological polar surface area (TPSA) is 88.8 Å². The number of hydrogen-bond donors (Lipinski definition) is 2. The molecular formula is C26H24ClF3N4O4S. The van der Waals surface area contributed by atoms with E-state index in [0.29, 0.717) is 41.1 Å². The summed E-state index contributed by atoms with van der Waals surface area (Å²) in [5, 5.41) is 20.5. The molecule has 1 aromatic heterocycles. The van der Waals surface area contributed by atoms with Crippen LogP contribution in [0.5, 0.6) is 11.5 Å². The summed E-state index contributed by atoms with van der Waals surface area (Å²) in [6, 6.07) is 10.9. The smallest absolute Gasteiger partial charge is 0.416 e.